The first-order valence-electron chi connectivity index (χ1n) is 6.57. The third-order valence-electron chi connectivity index (χ3n) is 2.75. The first-order chi connectivity index (χ1) is 9.90. The van der Waals surface area contributed by atoms with Crippen molar-refractivity contribution in [3.63, 3.8) is 0 Å². The topological polar surface area (TPSA) is 142 Å². The van der Waals surface area contributed by atoms with E-state index >= 15 is 0 Å². The van der Waals surface area contributed by atoms with Gasteiger partial charge in [-0.2, -0.15) is 0 Å². The maximum atomic E-state index is 9.80. The van der Waals surface area contributed by atoms with E-state index < -0.39 is 37.1 Å². The summed E-state index contributed by atoms with van der Waals surface area (Å²) in [4.78, 5) is 0. The van der Waals surface area contributed by atoms with Crippen LogP contribution >= 0.6 is 0 Å². The van der Waals surface area contributed by atoms with E-state index in [4.69, 9.17) is 15.3 Å². The molecule has 0 spiro atoms. The molecule has 7 N–H and O–H groups in total. The van der Waals surface area contributed by atoms with Crippen LogP contribution in [0.1, 0.15) is 18.6 Å². The first-order valence-corrected chi connectivity index (χ1v) is 6.57. The van der Waals surface area contributed by atoms with Crippen LogP contribution in [-0.2, 0) is 0 Å². The lowest BCUT2D eigenvalue weighted by Crippen LogP contribution is -2.47. The molecule has 0 radical (unpaired) electrons. The summed E-state index contributed by atoms with van der Waals surface area (Å²) in [6.07, 6.45) is -8.19. The van der Waals surface area contributed by atoms with E-state index in [0.717, 1.165) is 0 Å². The van der Waals surface area contributed by atoms with Gasteiger partial charge in [0.25, 0.3) is 0 Å². The fraction of sp³-hybridized carbons (Fsp3) is 0.571. The minimum Gasteiger partial charge on any atom is -0.397 e. The Bertz CT molecular complexity index is 360. The maximum Gasteiger partial charge on any atom is 0.113 e. The summed E-state index contributed by atoms with van der Waals surface area (Å²) in [7, 11) is 0. The molecule has 1 aromatic carbocycles. The van der Waals surface area contributed by atoms with Crippen LogP contribution in [0.2, 0.25) is 0 Å². The van der Waals surface area contributed by atoms with Gasteiger partial charge in [0, 0.05) is 6.61 Å². The van der Waals surface area contributed by atoms with Crippen molar-refractivity contribution < 1.29 is 35.7 Å². The maximum absolute atomic E-state index is 9.80. The summed E-state index contributed by atoms with van der Waals surface area (Å²) in [5.41, 5.74) is 0.370. The zero-order chi connectivity index (χ0) is 16.4. The van der Waals surface area contributed by atoms with Gasteiger partial charge in [-0.1, -0.05) is 30.3 Å². The first kappa shape index (κ1) is 19.9. The Balaban J connectivity index is 0.00000122. The summed E-state index contributed by atoms with van der Waals surface area (Å²) in [6, 6.07) is 8.13. The second-order valence-corrected chi connectivity index (χ2v) is 4.39. The molecule has 122 valence electrons. The highest BCUT2D eigenvalue weighted by Gasteiger charge is 2.34. The molecule has 0 heterocycles. The van der Waals surface area contributed by atoms with Gasteiger partial charge in [0.1, 0.15) is 30.5 Å². The van der Waals surface area contributed by atoms with E-state index in [1.807, 2.05) is 0 Å². The molecule has 0 bridgehead atoms. The van der Waals surface area contributed by atoms with Crippen LogP contribution in [-0.4, -0.2) is 73.4 Å². The molecule has 7 heteroatoms. The number of rotatable bonds is 6. The number of aliphatic hydroxyl groups excluding tert-OH is 7. The van der Waals surface area contributed by atoms with Crippen molar-refractivity contribution >= 4 is 0 Å². The van der Waals surface area contributed by atoms with Crippen LogP contribution in [0.3, 0.4) is 0 Å². The Hall–Kier alpha value is -1.06. The van der Waals surface area contributed by atoms with E-state index in [9.17, 15) is 20.4 Å². The lowest BCUT2D eigenvalue weighted by molar-refractivity contribution is -0.141. The van der Waals surface area contributed by atoms with Gasteiger partial charge in [0.05, 0.1) is 6.61 Å². The minimum atomic E-state index is -1.78. The zero-order valence-electron chi connectivity index (χ0n) is 11.8. The molecule has 0 aliphatic heterocycles. The predicted molar refractivity (Wildman–Crippen MR) is 75.3 cm³/mol. The molecule has 5 atom stereocenters. The number of hydrogen-bond acceptors (Lipinski definition) is 7. The highest BCUT2D eigenvalue weighted by molar-refractivity contribution is 5.18. The lowest BCUT2D eigenvalue weighted by atomic mass is 9.95. The molecule has 1 rings (SSSR count). The highest BCUT2D eigenvalue weighted by Crippen LogP contribution is 2.20. The van der Waals surface area contributed by atoms with Crippen molar-refractivity contribution in [1.82, 2.24) is 0 Å². The quantitative estimate of drug-likeness (QED) is 0.327. The Labute approximate surface area is 123 Å². The van der Waals surface area contributed by atoms with Gasteiger partial charge in [0.2, 0.25) is 0 Å². The van der Waals surface area contributed by atoms with Gasteiger partial charge >= 0.3 is 0 Å². The smallest absolute Gasteiger partial charge is 0.113 e. The van der Waals surface area contributed by atoms with E-state index in [1.54, 1.807) is 37.3 Å². The van der Waals surface area contributed by atoms with Crippen molar-refractivity contribution in [2.24, 2.45) is 0 Å². The Morgan fingerprint density at radius 3 is 1.71 bits per heavy atom. The minimum absolute atomic E-state index is 0.250. The number of benzene rings is 1. The summed E-state index contributed by atoms with van der Waals surface area (Å²) in [5.74, 6) is 0. The molecular formula is C14H24O7. The monoisotopic (exact) mass is 304 g/mol. The molecule has 7 nitrogen and oxygen atoms in total. The van der Waals surface area contributed by atoms with Gasteiger partial charge in [-0.3, -0.25) is 0 Å². The molecule has 0 saturated heterocycles. The predicted octanol–water partition coefficient (Wildman–Crippen LogP) is -1.85. The summed E-state index contributed by atoms with van der Waals surface area (Å²) >= 11 is 0. The van der Waals surface area contributed by atoms with Gasteiger partial charge in [-0.15, -0.1) is 0 Å². The van der Waals surface area contributed by atoms with Gasteiger partial charge in [0.15, 0.2) is 0 Å². The summed E-state index contributed by atoms with van der Waals surface area (Å²) in [5, 5.41) is 63.9. The van der Waals surface area contributed by atoms with Crippen LogP contribution in [0, 0.1) is 0 Å². The molecule has 0 aliphatic carbocycles. The average molecular weight is 304 g/mol. The van der Waals surface area contributed by atoms with E-state index in [-0.39, 0.29) is 6.61 Å². The van der Waals surface area contributed by atoms with Crippen molar-refractivity contribution in [1.29, 1.82) is 0 Å². The molecule has 0 amide bonds. The Morgan fingerprint density at radius 2 is 1.29 bits per heavy atom. The number of aliphatic hydroxyl groups is 7. The van der Waals surface area contributed by atoms with Gasteiger partial charge in [-0.25, -0.2) is 0 Å². The van der Waals surface area contributed by atoms with Crippen LogP contribution < -0.4 is 0 Å². The molecule has 0 saturated carbocycles. The molecular weight excluding hydrogens is 280 g/mol. The highest BCUT2D eigenvalue weighted by atomic mass is 16.4. The summed E-state index contributed by atoms with van der Waals surface area (Å²) < 4.78 is 0. The van der Waals surface area contributed by atoms with E-state index in [2.05, 4.69) is 0 Å². The largest absolute Gasteiger partial charge is 0.397 e. The fourth-order valence-corrected chi connectivity index (χ4v) is 1.57. The van der Waals surface area contributed by atoms with E-state index in [0.29, 0.717) is 5.56 Å². The van der Waals surface area contributed by atoms with Crippen molar-refractivity contribution in [3.05, 3.63) is 35.9 Å². The van der Waals surface area contributed by atoms with Gasteiger partial charge in [-0.05, 0) is 12.5 Å². The SMILES string of the molecule is CCO.OCC(O)C(O)C(O)C(O)C(O)c1ccccc1. The molecule has 0 aromatic heterocycles. The molecule has 0 aliphatic rings. The number of hydrogen-bond donors (Lipinski definition) is 7. The molecule has 0 fully saturated rings. The third kappa shape index (κ3) is 6.49. The van der Waals surface area contributed by atoms with Crippen molar-refractivity contribution in [2.45, 2.75) is 37.4 Å². The normalized spacial score (nSPS) is 17.9. The van der Waals surface area contributed by atoms with E-state index in [1.165, 1.54) is 0 Å². The van der Waals surface area contributed by atoms with Crippen molar-refractivity contribution in [2.75, 3.05) is 13.2 Å². The van der Waals surface area contributed by atoms with Crippen molar-refractivity contribution in [3.8, 4) is 0 Å². The zero-order valence-corrected chi connectivity index (χ0v) is 11.8. The van der Waals surface area contributed by atoms with Crippen LogP contribution in [0.25, 0.3) is 0 Å². The lowest BCUT2D eigenvalue weighted by Gasteiger charge is -2.28. The second kappa shape index (κ2) is 10.6. The fourth-order valence-electron chi connectivity index (χ4n) is 1.57. The second-order valence-electron chi connectivity index (χ2n) is 4.39. The third-order valence-corrected chi connectivity index (χ3v) is 2.75. The summed E-state index contributed by atoms with van der Waals surface area (Å²) in [6.45, 7) is 1.17. The van der Waals surface area contributed by atoms with Gasteiger partial charge < -0.3 is 35.7 Å². The Kier molecular flexibility index (Phi) is 10.1. The Morgan fingerprint density at radius 1 is 0.810 bits per heavy atom. The standard InChI is InChI=1S/C12H18O6.C2H6O/c13-6-8(14)10(16)12(18)11(17)9(15)7-4-2-1-3-5-7;1-2-3/h1-5,8-18H,6H2;3H,2H2,1H3. The molecule has 1 aromatic rings. The molecule has 21 heavy (non-hydrogen) atoms. The molecule has 5 unspecified atom stereocenters. The van der Waals surface area contributed by atoms with Crippen LogP contribution in [0.15, 0.2) is 30.3 Å². The van der Waals surface area contributed by atoms with Crippen LogP contribution in [0.4, 0.5) is 0 Å². The van der Waals surface area contributed by atoms with Crippen LogP contribution in [0.5, 0.6) is 0 Å². The average Bonchev–Trinajstić information content (AvgIpc) is 2.52.